The van der Waals surface area contributed by atoms with Crippen LogP contribution in [0.1, 0.15) is 27.9 Å². The predicted molar refractivity (Wildman–Crippen MR) is 114 cm³/mol. The van der Waals surface area contributed by atoms with Gasteiger partial charge in [0.15, 0.2) is 5.13 Å². The summed E-state index contributed by atoms with van der Waals surface area (Å²) in [5.74, 6) is -2.14. The van der Waals surface area contributed by atoms with E-state index in [1.807, 2.05) is 30.7 Å². The Morgan fingerprint density at radius 2 is 2.03 bits per heavy atom. The van der Waals surface area contributed by atoms with Gasteiger partial charge in [0.2, 0.25) is 0 Å². The summed E-state index contributed by atoms with van der Waals surface area (Å²) in [6, 6.07) is 7.03. The van der Waals surface area contributed by atoms with Crippen molar-refractivity contribution in [1.29, 1.82) is 0 Å². The maximum atomic E-state index is 14.3. The van der Waals surface area contributed by atoms with Crippen molar-refractivity contribution in [2.24, 2.45) is 0 Å². The van der Waals surface area contributed by atoms with Gasteiger partial charge in [-0.05, 0) is 49.6 Å². The van der Waals surface area contributed by atoms with E-state index in [0.29, 0.717) is 24.6 Å². The van der Waals surface area contributed by atoms with Crippen LogP contribution in [0.2, 0.25) is 0 Å². The van der Waals surface area contributed by atoms with Gasteiger partial charge in [0, 0.05) is 31.5 Å². The summed E-state index contributed by atoms with van der Waals surface area (Å²) in [7, 11) is 0. The molecule has 5 nitrogen and oxygen atoms in total. The van der Waals surface area contributed by atoms with Gasteiger partial charge >= 0.3 is 0 Å². The molecule has 0 saturated carbocycles. The number of anilines is 1. The van der Waals surface area contributed by atoms with Crippen LogP contribution in [-0.2, 0) is 6.54 Å². The molecule has 0 aliphatic heterocycles. The van der Waals surface area contributed by atoms with Gasteiger partial charge in [0.25, 0.3) is 5.91 Å². The second kappa shape index (κ2) is 8.31. The summed E-state index contributed by atoms with van der Waals surface area (Å²) in [6.45, 7) is 4.99. The second-order valence-corrected chi connectivity index (χ2v) is 8.14. The smallest absolute Gasteiger partial charge is 0.263 e. The molecule has 0 saturated heterocycles. The molecular formula is C22H20F2N4OS. The van der Waals surface area contributed by atoms with Crippen molar-refractivity contribution in [2.75, 3.05) is 11.4 Å². The first-order valence-corrected chi connectivity index (χ1v) is 10.3. The minimum absolute atomic E-state index is 0.175. The highest BCUT2D eigenvalue weighted by molar-refractivity contribution is 7.22. The molecule has 0 aliphatic carbocycles. The molecule has 0 fully saturated rings. The van der Waals surface area contributed by atoms with Crippen molar-refractivity contribution in [1.82, 2.24) is 14.5 Å². The monoisotopic (exact) mass is 426 g/mol. The van der Waals surface area contributed by atoms with Crippen LogP contribution < -0.4 is 4.90 Å². The minimum Gasteiger partial charge on any atom is -0.337 e. The Morgan fingerprint density at radius 3 is 2.77 bits per heavy atom. The van der Waals surface area contributed by atoms with Gasteiger partial charge in [-0.15, -0.1) is 0 Å². The molecule has 0 bridgehead atoms. The molecule has 2 aromatic heterocycles. The number of amides is 1. The van der Waals surface area contributed by atoms with Crippen molar-refractivity contribution in [2.45, 2.75) is 26.8 Å². The number of nitrogens with zero attached hydrogens (tertiary/aromatic N) is 4. The highest BCUT2D eigenvalue weighted by atomic mass is 32.1. The fourth-order valence-corrected chi connectivity index (χ4v) is 4.44. The summed E-state index contributed by atoms with van der Waals surface area (Å²) in [5, 5.41) is 0.498. The quantitative estimate of drug-likeness (QED) is 0.430. The summed E-state index contributed by atoms with van der Waals surface area (Å²) in [4.78, 5) is 23.4. The standard InChI is InChI=1S/C22H20F2N4OS/c1-14-10-15(2)20-19(11-14)26-22(30-20)28(8-3-7-27-9-6-25-13-27)21(29)17-5-4-16(23)12-18(17)24/h4-6,9-13H,3,7-8H2,1-2H3. The summed E-state index contributed by atoms with van der Waals surface area (Å²) >= 11 is 1.40. The van der Waals surface area contributed by atoms with Crippen LogP contribution in [0.25, 0.3) is 10.2 Å². The zero-order chi connectivity index (χ0) is 21.3. The third-order valence-corrected chi connectivity index (χ3v) is 6.03. The zero-order valence-corrected chi connectivity index (χ0v) is 17.4. The Hall–Kier alpha value is -3.13. The number of aryl methyl sites for hydroxylation is 3. The van der Waals surface area contributed by atoms with E-state index < -0.39 is 17.5 Å². The first kappa shape index (κ1) is 20.2. The molecule has 4 rings (SSSR count). The lowest BCUT2D eigenvalue weighted by Gasteiger charge is -2.20. The van der Waals surface area contributed by atoms with Crippen LogP contribution in [0.3, 0.4) is 0 Å². The van der Waals surface area contributed by atoms with Crippen molar-refractivity contribution < 1.29 is 13.6 Å². The Labute approximate surface area is 176 Å². The van der Waals surface area contributed by atoms with E-state index in [9.17, 15) is 13.6 Å². The molecule has 0 spiro atoms. The second-order valence-electron chi connectivity index (χ2n) is 7.16. The Balaban J connectivity index is 1.69. The molecule has 4 aromatic rings. The number of halogens is 2. The van der Waals surface area contributed by atoms with E-state index in [-0.39, 0.29) is 5.56 Å². The molecule has 30 heavy (non-hydrogen) atoms. The average Bonchev–Trinajstić information content (AvgIpc) is 3.34. The van der Waals surface area contributed by atoms with Crippen LogP contribution in [-0.4, -0.2) is 27.0 Å². The molecular weight excluding hydrogens is 406 g/mol. The first-order chi connectivity index (χ1) is 14.4. The number of aromatic nitrogens is 3. The number of fused-ring (bicyclic) bond motifs is 1. The van der Waals surface area contributed by atoms with Crippen LogP contribution in [0.5, 0.6) is 0 Å². The van der Waals surface area contributed by atoms with E-state index >= 15 is 0 Å². The van der Waals surface area contributed by atoms with Gasteiger partial charge in [-0.2, -0.15) is 0 Å². The number of benzene rings is 2. The number of hydrogen-bond donors (Lipinski definition) is 0. The lowest BCUT2D eigenvalue weighted by atomic mass is 10.1. The topological polar surface area (TPSA) is 51.0 Å². The molecule has 2 heterocycles. The van der Waals surface area contributed by atoms with Crippen LogP contribution in [0, 0.1) is 25.5 Å². The van der Waals surface area contributed by atoms with Gasteiger partial charge in [-0.25, -0.2) is 18.7 Å². The third-order valence-electron chi connectivity index (χ3n) is 4.80. The maximum Gasteiger partial charge on any atom is 0.263 e. The molecule has 0 atom stereocenters. The number of thiazole rings is 1. The van der Waals surface area contributed by atoms with Crippen LogP contribution in [0.15, 0.2) is 49.1 Å². The number of carbonyl (C=O) groups is 1. The van der Waals surface area contributed by atoms with Crippen molar-refractivity contribution >= 4 is 32.6 Å². The van der Waals surface area contributed by atoms with Crippen molar-refractivity contribution in [3.63, 3.8) is 0 Å². The Kier molecular flexibility index (Phi) is 5.59. The van der Waals surface area contributed by atoms with Gasteiger partial charge < -0.3 is 4.57 Å². The highest BCUT2D eigenvalue weighted by Gasteiger charge is 2.24. The fraction of sp³-hybridized carbons (Fsp3) is 0.227. The van der Waals surface area contributed by atoms with Crippen LogP contribution >= 0.6 is 11.3 Å². The lowest BCUT2D eigenvalue weighted by Crippen LogP contribution is -2.33. The van der Waals surface area contributed by atoms with Gasteiger partial charge in [0.1, 0.15) is 11.6 Å². The first-order valence-electron chi connectivity index (χ1n) is 9.53. The fourth-order valence-electron chi connectivity index (χ4n) is 3.40. The number of hydrogen-bond acceptors (Lipinski definition) is 4. The van der Waals surface area contributed by atoms with Gasteiger partial charge in [-0.3, -0.25) is 9.69 Å². The maximum absolute atomic E-state index is 14.3. The average molecular weight is 426 g/mol. The predicted octanol–water partition coefficient (Wildman–Crippen LogP) is 5.12. The Bertz CT molecular complexity index is 1200. The summed E-state index contributed by atoms with van der Waals surface area (Å²) < 4.78 is 30.6. The number of rotatable bonds is 6. The van der Waals surface area contributed by atoms with E-state index in [4.69, 9.17) is 0 Å². The number of imidazole rings is 1. The van der Waals surface area contributed by atoms with E-state index in [2.05, 4.69) is 16.0 Å². The lowest BCUT2D eigenvalue weighted by molar-refractivity contribution is 0.0982. The van der Waals surface area contributed by atoms with Gasteiger partial charge in [0.05, 0.1) is 22.1 Å². The molecule has 0 unspecified atom stereocenters. The third kappa shape index (κ3) is 4.09. The molecule has 0 aliphatic rings. The molecule has 8 heteroatoms. The highest BCUT2D eigenvalue weighted by Crippen LogP contribution is 2.33. The van der Waals surface area contributed by atoms with Crippen molar-refractivity contribution in [3.05, 3.63) is 77.4 Å². The Morgan fingerprint density at radius 1 is 1.20 bits per heavy atom. The molecule has 0 radical (unpaired) electrons. The zero-order valence-electron chi connectivity index (χ0n) is 16.6. The largest absolute Gasteiger partial charge is 0.337 e. The minimum atomic E-state index is -0.882. The van der Waals surface area contributed by atoms with Gasteiger partial charge in [-0.1, -0.05) is 17.4 Å². The molecule has 2 aromatic carbocycles. The van der Waals surface area contributed by atoms with E-state index in [0.717, 1.165) is 33.5 Å². The number of carbonyl (C=O) groups excluding carboxylic acids is 1. The molecule has 0 N–H and O–H groups in total. The summed E-state index contributed by atoms with van der Waals surface area (Å²) in [6.07, 6.45) is 5.86. The van der Waals surface area contributed by atoms with E-state index in [1.165, 1.54) is 22.3 Å². The van der Waals surface area contributed by atoms with Crippen LogP contribution in [0.4, 0.5) is 13.9 Å². The summed E-state index contributed by atoms with van der Waals surface area (Å²) in [5.41, 5.74) is 2.79. The van der Waals surface area contributed by atoms with E-state index in [1.54, 1.807) is 12.5 Å². The normalized spacial score (nSPS) is 11.2. The SMILES string of the molecule is Cc1cc(C)c2sc(N(CCCn3ccnc3)C(=O)c3ccc(F)cc3F)nc2c1. The molecule has 1 amide bonds. The van der Waals surface area contributed by atoms with Crippen molar-refractivity contribution in [3.8, 4) is 0 Å². The molecule has 154 valence electrons.